The molecular weight excluding hydrogens is 420 g/mol. The van der Waals surface area contributed by atoms with Gasteiger partial charge in [-0.3, -0.25) is 24.1 Å². The smallest absolute Gasteiger partial charge is 0.258 e. The van der Waals surface area contributed by atoms with E-state index in [0.29, 0.717) is 40.3 Å². The second-order valence-corrected chi connectivity index (χ2v) is 7.47. The van der Waals surface area contributed by atoms with Crippen LogP contribution >= 0.6 is 0 Å². The molecule has 0 aliphatic carbocycles. The van der Waals surface area contributed by atoms with Gasteiger partial charge in [0.15, 0.2) is 0 Å². The van der Waals surface area contributed by atoms with Crippen molar-refractivity contribution in [3.05, 3.63) is 83.9 Å². The lowest BCUT2D eigenvalue weighted by Crippen LogP contribution is -2.42. The maximum atomic E-state index is 13.0. The number of hydrogen-bond donors (Lipinski definition) is 3. The number of anilines is 4. The molecule has 1 aliphatic heterocycles. The van der Waals surface area contributed by atoms with Gasteiger partial charge in [0.05, 0.1) is 11.4 Å². The number of nitrogens with one attached hydrogen (secondary N) is 3. The van der Waals surface area contributed by atoms with E-state index < -0.39 is 0 Å². The summed E-state index contributed by atoms with van der Waals surface area (Å²) < 4.78 is 0. The van der Waals surface area contributed by atoms with Crippen LogP contribution in [-0.4, -0.2) is 30.2 Å². The van der Waals surface area contributed by atoms with E-state index in [1.54, 1.807) is 79.7 Å². The number of rotatable bonds is 5. The summed E-state index contributed by atoms with van der Waals surface area (Å²) in [6.45, 7) is 1.68. The number of fused-ring (bicyclic) bond motifs is 1. The molecule has 3 N–H and O–H groups in total. The molecule has 8 heteroatoms. The largest absolute Gasteiger partial charge is 0.326 e. The van der Waals surface area contributed by atoms with Gasteiger partial charge in [-0.2, -0.15) is 0 Å². The summed E-state index contributed by atoms with van der Waals surface area (Å²) in [6, 6.07) is 20.2. The minimum atomic E-state index is -0.344. The van der Waals surface area contributed by atoms with Gasteiger partial charge in [-0.25, -0.2) is 0 Å². The van der Waals surface area contributed by atoms with Crippen molar-refractivity contribution >= 4 is 46.4 Å². The summed E-state index contributed by atoms with van der Waals surface area (Å²) >= 11 is 0. The molecule has 4 amide bonds. The number of amides is 4. The lowest BCUT2D eigenvalue weighted by Gasteiger charge is -2.29. The molecular formula is C25H22N4O4. The molecule has 0 radical (unpaired) electrons. The fourth-order valence-corrected chi connectivity index (χ4v) is 3.46. The Labute approximate surface area is 190 Å². The van der Waals surface area contributed by atoms with E-state index in [1.165, 1.54) is 4.90 Å². The molecule has 3 aromatic rings. The molecule has 4 rings (SSSR count). The lowest BCUT2D eigenvalue weighted by atomic mass is 10.1. The molecule has 1 aliphatic rings. The predicted molar refractivity (Wildman–Crippen MR) is 127 cm³/mol. The lowest BCUT2D eigenvalue weighted by molar-refractivity contribution is -0.116. The van der Waals surface area contributed by atoms with Crippen molar-refractivity contribution in [2.75, 3.05) is 27.4 Å². The molecule has 0 spiro atoms. The van der Waals surface area contributed by atoms with Gasteiger partial charge in [0.1, 0.15) is 6.54 Å². The number of hydrogen-bond acceptors (Lipinski definition) is 4. The average molecular weight is 442 g/mol. The van der Waals surface area contributed by atoms with Crippen molar-refractivity contribution < 1.29 is 19.2 Å². The fourth-order valence-electron chi connectivity index (χ4n) is 3.46. The number of nitrogens with zero attached hydrogens (tertiary/aromatic N) is 1. The van der Waals surface area contributed by atoms with Crippen molar-refractivity contribution in [3.8, 4) is 0 Å². The molecule has 0 saturated carbocycles. The summed E-state index contributed by atoms with van der Waals surface area (Å²) in [7, 11) is 0. The molecule has 0 fully saturated rings. The van der Waals surface area contributed by atoms with Gasteiger partial charge in [-0.15, -0.1) is 0 Å². The Bertz CT molecular complexity index is 1240. The maximum absolute atomic E-state index is 13.0. The number of benzene rings is 3. The van der Waals surface area contributed by atoms with E-state index in [-0.39, 0.29) is 30.2 Å². The highest BCUT2D eigenvalue weighted by Crippen LogP contribution is 2.30. The summed E-state index contributed by atoms with van der Waals surface area (Å²) in [5.41, 5.74) is 3.05. The second kappa shape index (κ2) is 9.35. The Morgan fingerprint density at radius 1 is 0.879 bits per heavy atom. The van der Waals surface area contributed by atoms with E-state index in [2.05, 4.69) is 16.0 Å². The van der Waals surface area contributed by atoms with Crippen LogP contribution in [0.5, 0.6) is 0 Å². The first-order chi connectivity index (χ1) is 15.9. The third-order valence-electron chi connectivity index (χ3n) is 5.14. The maximum Gasteiger partial charge on any atom is 0.258 e. The number of carbonyl (C=O) groups excluding carboxylic acids is 4. The van der Waals surface area contributed by atoms with E-state index in [4.69, 9.17) is 0 Å². The minimum absolute atomic E-state index is 0.0702. The Kier molecular flexibility index (Phi) is 6.17. The van der Waals surface area contributed by atoms with Crippen LogP contribution in [0.1, 0.15) is 34.1 Å². The SMILES string of the molecule is CCC(=O)Nc1cccc(C(=O)Nc2ccc(C(=O)N3CC(=O)Nc4ccccc43)cc2)c1. The third kappa shape index (κ3) is 4.90. The van der Waals surface area contributed by atoms with Crippen LogP contribution in [0.4, 0.5) is 22.7 Å². The first kappa shape index (κ1) is 21.8. The number of para-hydroxylation sites is 2. The highest BCUT2D eigenvalue weighted by atomic mass is 16.2. The van der Waals surface area contributed by atoms with Gasteiger partial charge in [-0.1, -0.05) is 25.1 Å². The summed E-state index contributed by atoms with van der Waals surface area (Å²) in [5, 5.41) is 8.26. The van der Waals surface area contributed by atoms with Crippen LogP contribution in [0.15, 0.2) is 72.8 Å². The van der Waals surface area contributed by atoms with Gasteiger partial charge in [0.25, 0.3) is 11.8 Å². The van der Waals surface area contributed by atoms with Crippen LogP contribution in [0.25, 0.3) is 0 Å². The zero-order valence-corrected chi connectivity index (χ0v) is 17.9. The average Bonchev–Trinajstić information content (AvgIpc) is 2.83. The molecule has 0 bridgehead atoms. The van der Waals surface area contributed by atoms with Crippen molar-refractivity contribution in [2.45, 2.75) is 13.3 Å². The van der Waals surface area contributed by atoms with Crippen molar-refractivity contribution in [2.24, 2.45) is 0 Å². The summed E-state index contributed by atoms with van der Waals surface area (Å²) in [5.74, 6) is -1.05. The highest BCUT2D eigenvalue weighted by molar-refractivity contribution is 6.15. The molecule has 0 unspecified atom stereocenters. The Morgan fingerprint density at radius 2 is 1.64 bits per heavy atom. The monoisotopic (exact) mass is 442 g/mol. The van der Waals surface area contributed by atoms with E-state index in [1.807, 2.05) is 0 Å². The molecule has 0 aromatic heterocycles. The topological polar surface area (TPSA) is 108 Å². The third-order valence-corrected chi connectivity index (χ3v) is 5.14. The fraction of sp³-hybridized carbons (Fsp3) is 0.120. The van der Waals surface area contributed by atoms with Crippen LogP contribution in [0.2, 0.25) is 0 Å². The first-order valence-corrected chi connectivity index (χ1v) is 10.5. The van der Waals surface area contributed by atoms with Crippen molar-refractivity contribution in [1.29, 1.82) is 0 Å². The van der Waals surface area contributed by atoms with E-state index in [0.717, 1.165) is 0 Å². The standard InChI is InChI=1S/C25H22N4O4/c1-2-22(30)26-19-7-5-6-17(14-19)24(32)27-18-12-10-16(11-13-18)25(33)29-15-23(31)28-20-8-3-4-9-21(20)29/h3-14H,2,15H2,1H3,(H,26,30)(H,27,32)(H,28,31). The molecule has 0 saturated heterocycles. The Balaban J connectivity index is 1.46. The van der Waals surface area contributed by atoms with Crippen LogP contribution in [0.3, 0.4) is 0 Å². The highest BCUT2D eigenvalue weighted by Gasteiger charge is 2.27. The first-order valence-electron chi connectivity index (χ1n) is 10.5. The Morgan fingerprint density at radius 3 is 2.39 bits per heavy atom. The normalized spacial score (nSPS) is 12.4. The summed E-state index contributed by atoms with van der Waals surface area (Å²) in [6.07, 6.45) is 0.342. The van der Waals surface area contributed by atoms with Crippen LogP contribution < -0.4 is 20.9 Å². The van der Waals surface area contributed by atoms with Gasteiger partial charge in [0.2, 0.25) is 11.8 Å². The van der Waals surface area contributed by atoms with E-state index in [9.17, 15) is 19.2 Å². The van der Waals surface area contributed by atoms with Gasteiger partial charge >= 0.3 is 0 Å². The predicted octanol–water partition coefficient (Wildman–Crippen LogP) is 3.89. The molecule has 0 atom stereocenters. The van der Waals surface area contributed by atoms with Gasteiger partial charge in [0, 0.05) is 28.9 Å². The van der Waals surface area contributed by atoms with Crippen LogP contribution in [-0.2, 0) is 9.59 Å². The number of carbonyl (C=O) groups is 4. The van der Waals surface area contributed by atoms with Gasteiger partial charge < -0.3 is 16.0 Å². The Hall–Kier alpha value is -4.46. The van der Waals surface area contributed by atoms with Crippen molar-refractivity contribution in [1.82, 2.24) is 0 Å². The molecule has 3 aromatic carbocycles. The molecule has 8 nitrogen and oxygen atoms in total. The van der Waals surface area contributed by atoms with E-state index >= 15 is 0 Å². The quantitative estimate of drug-likeness (QED) is 0.557. The zero-order valence-electron chi connectivity index (χ0n) is 17.9. The molecule has 166 valence electrons. The second-order valence-electron chi connectivity index (χ2n) is 7.47. The van der Waals surface area contributed by atoms with Crippen LogP contribution in [0, 0.1) is 0 Å². The van der Waals surface area contributed by atoms with Crippen molar-refractivity contribution in [3.63, 3.8) is 0 Å². The van der Waals surface area contributed by atoms with Gasteiger partial charge in [-0.05, 0) is 54.6 Å². The minimum Gasteiger partial charge on any atom is -0.326 e. The zero-order chi connectivity index (χ0) is 23.4. The summed E-state index contributed by atoms with van der Waals surface area (Å²) in [4.78, 5) is 50.7. The molecule has 33 heavy (non-hydrogen) atoms. The molecule has 1 heterocycles.